The minimum Gasteiger partial charge on any atom is -0.505 e. The Kier molecular flexibility index (Phi) is 5.88. The number of allylic oxidation sites excluding steroid dienone is 1. The fourth-order valence-corrected chi connectivity index (χ4v) is 2.29. The normalized spacial score (nSPS) is 12.7. The Morgan fingerprint density at radius 1 is 1.04 bits per heavy atom. The SMILES string of the molecule is CC(O)CCC/C=C/c1ccc(-c2ccc(O)c(F)c2F)cc1. The van der Waals surface area contributed by atoms with Crippen molar-refractivity contribution in [3.63, 3.8) is 0 Å². The number of benzene rings is 2. The summed E-state index contributed by atoms with van der Waals surface area (Å²) in [5, 5.41) is 18.3. The maximum atomic E-state index is 13.8. The smallest absolute Gasteiger partial charge is 0.200 e. The van der Waals surface area contributed by atoms with Gasteiger partial charge in [0, 0.05) is 5.56 Å². The van der Waals surface area contributed by atoms with Crippen LogP contribution < -0.4 is 0 Å². The maximum Gasteiger partial charge on any atom is 0.200 e. The van der Waals surface area contributed by atoms with E-state index in [4.69, 9.17) is 10.2 Å². The number of aliphatic hydroxyl groups excluding tert-OH is 1. The Balaban J connectivity index is 2.05. The van der Waals surface area contributed by atoms with E-state index in [1.807, 2.05) is 24.3 Å². The number of rotatable bonds is 6. The second kappa shape index (κ2) is 7.88. The average molecular weight is 318 g/mol. The zero-order valence-corrected chi connectivity index (χ0v) is 13.0. The molecule has 0 saturated heterocycles. The van der Waals surface area contributed by atoms with E-state index in [2.05, 4.69) is 0 Å². The lowest BCUT2D eigenvalue weighted by Crippen LogP contribution is -1.97. The van der Waals surface area contributed by atoms with Crippen LogP contribution in [0, 0.1) is 11.6 Å². The van der Waals surface area contributed by atoms with Crippen molar-refractivity contribution in [2.45, 2.75) is 32.3 Å². The first-order chi connectivity index (χ1) is 11.0. The van der Waals surface area contributed by atoms with Crippen molar-refractivity contribution in [1.29, 1.82) is 0 Å². The number of halogens is 2. The fraction of sp³-hybridized carbons (Fsp3) is 0.263. The van der Waals surface area contributed by atoms with E-state index in [1.54, 1.807) is 19.1 Å². The van der Waals surface area contributed by atoms with Crippen molar-refractivity contribution in [2.24, 2.45) is 0 Å². The van der Waals surface area contributed by atoms with Gasteiger partial charge in [0.05, 0.1) is 6.10 Å². The Morgan fingerprint density at radius 2 is 1.74 bits per heavy atom. The van der Waals surface area contributed by atoms with Crippen LogP contribution in [0.15, 0.2) is 42.5 Å². The predicted molar refractivity (Wildman–Crippen MR) is 88.0 cm³/mol. The first kappa shape index (κ1) is 17.2. The van der Waals surface area contributed by atoms with Crippen LogP contribution in [0.2, 0.25) is 0 Å². The molecule has 2 aromatic carbocycles. The molecule has 0 aliphatic carbocycles. The van der Waals surface area contributed by atoms with Crippen LogP contribution in [0.25, 0.3) is 17.2 Å². The Bertz CT molecular complexity index is 677. The first-order valence-corrected chi connectivity index (χ1v) is 7.61. The molecule has 0 amide bonds. The van der Waals surface area contributed by atoms with E-state index in [0.717, 1.165) is 30.9 Å². The second-order valence-electron chi connectivity index (χ2n) is 5.56. The van der Waals surface area contributed by atoms with E-state index in [1.165, 1.54) is 6.07 Å². The van der Waals surface area contributed by atoms with Crippen LogP contribution in [0.3, 0.4) is 0 Å². The summed E-state index contributed by atoms with van der Waals surface area (Å²) in [7, 11) is 0. The topological polar surface area (TPSA) is 40.5 Å². The third-order valence-electron chi connectivity index (χ3n) is 3.59. The fourth-order valence-electron chi connectivity index (χ4n) is 2.29. The lowest BCUT2D eigenvalue weighted by Gasteiger charge is -2.06. The number of aliphatic hydroxyl groups is 1. The van der Waals surface area contributed by atoms with E-state index in [0.29, 0.717) is 5.56 Å². The molecule has 1 atom stereocenters. The molecule has 2 rings (SSSR count). The van der Waals surface area contributed by atoms with Gasteiger partial charge in [-0.05, 0) is 49.4 Å². The highest BCUT2D eigenvalue weighted by atomic mass is 19.2. The molecule has 2 nitrogen and oxygen atoms in total. The highest BCUT2D eigenvalue weighted by Crippen LogP contribution is 2.29. The molecule has 0 aromatic heterocycles. The van der Waals surface area contributed by atoms with Crippen molar-refractivity contribution in [2.75, 3.05) is 0 Å². The number of hydrogen-bond donors (Lipinski definition) is 2. The van der Waals surface area contributed by atoms with E-state index < -0.39 is 17.4 Å². The summed E-state index contributed by atoms with van der Waals surface area (Å²) < 4.78 is 27.2. The van der Waals surface area contributed by atoms with Crippen LogP contribution in [-0.2, 0) is 0 Å². The molecule has 2 N–H and O–H groups in total. The molecular weight excluding hydrogens is 298 g/mol. The summed E-state index contributed by atoms with van der Waals surface area (Å²) in [6.45, 7) is 1.77. The molecule has 0 aliphatic heterocycles. The molecule has 1 unspecified atom stereocenters. The van der Waals surface area contributed by atoms with Crippen LogP contribution in [0.1, 0.15) is 31.7 Å². The molecule has 0 bridgehead atoms. The Morgan fingerprint density at radius 3 is 2.39 bits per heavy atom. The number of unbranched alkanes of at least 4 members (excludes halogenated alkanes) is 1. The summed E-state index contributed by atoms with van der Waals surface area (Å²) in [5.41, 5.74) is 1.63. The number of aromatic hydroxyl groups is 1. The third-order valence-corrected chi connectivity index (χ3v) is 3.59. The molecule has 0 saturated carbocycles. The molecule has 0 spiro atoms. The molecule has 0 fully saturated rings. The number of phenols is 1. The number of hydrogen-bond acceptors (Lipinski definition) is 2. The van der Waals surface area contributed by atoms with Gasteiger partial charge in [-0.15, -0.1) is 0 Å². The van der Waals surface area contributed by atoms with E-state index >= 15 is 0 Å². The minimum atomic E-state index is -1.23. The molecule has 4 heteroatoms. The van der Waals surface area contributed by atoms with Crippen LogP contribution in [0.4, 0.5) is 8.78 Å². The van der Waals surface area contributed by atoms with Gasteiger partial charge in [0.2, 0.25) is 5.82 Å². The number of phenolic OH excluding ortho intramolecular Hbond substituents is 1. The molecule has 0 heterocycles. The molecule has 2 aromatic rings. The van der Waals surface area contributed by atoms with Crippen LogP contribution in [0.5, 0.6) is 5.75 Å². The van der Waals surface area contributed by atoms with E-state index in [-0.39, 0.29) is 11.7 Å². The molecular formula is C19H20F2O2. The summed E-state index contributed by atoms with van der Waals surface area (Å²) in [6, 6.07) is 9.57. The monoisotopic (exact) mass is 318 g/mol. The van der Waals surface area contributed by atoms with Gasteiger partial charge in [-0.1, -0.05) is 36.4 Å². The second-order valence-corrected chi connectivity index (χ2v) is 5.56. The predicted octanol–water partition coefficient (Wildman–Crippen LogP) is 4.90. The lowest BCUT2D eigenvalue weighted by molar-refractivity contribution is 0.182. The summed E-state index contributed by atoms with van der Waals surface area (Å²) in [6.07, 6.45) is 6.28. The summed E-state index contributed by atoms with van der Waals surface area (Å²) >= 11 is 0. The average Bonchev–Trinajstić information content (AvgIpc) is 2.53. The standard InChI is InChI=1S/C19H20F2O2/c1-13(22)5-3-2-4-6-14-7-9-15(10-8-14)16-11-12-17(23)19(21)18(16)20/h4,6-13,22-23H,2-3,5H2,1H3/b6-4+. The van der Waals surface area contributed by atoms with Crippen molar-refractivity contribution in [3.8, 4) is 16.9 Å². The lowest BCUT2D eigenvalue weighted by atomic mass is 10.0. The van der Waals surface area contributed by atoms with Gasteiger partial charge in [0.25, 0.3) is 0 Å². The van der Waals surface area contributed by atoms with Gasteiger partial charge in [-0.2, -0.15) is 4.39 Å². The van der Waals surface area contributed by atoms with Crippen LogP contribution in [-0.4, -0.2) is 16.3 Å². The molecule has 122 valence electrons. The first-order valence-electron chi connectivity index (χ1n) is 7.61. The van der Waals surface area contributed by atoms with Gasteiger partial charge in [-0.3, -0.25) is 0 Å². The highest BCUT2D eigenvalue weighted by molar-refractivity contribution is 5.67. The quantitative estimate of drug-likeness (QED) is 0.744. The largest absolute Gasteiger partial charge is 0.505 e. The van der Waals surface area contributed by atoms with E-state index in [9.17, 15) is 8.78 Å². The van der Waals surface area contributed by atoms with Crippen molar-refractivity contribution < 1.29 is 19.0 Å². The zero-order valence-electron chi connectivity index (χ0n) is 13.0. The van der Waals surface area contributed by atoms with Gasteiger partial charge < -0.3 is 10.2 Å². The Hall–Kier alpha value is -2.20. The van der Waals surface area contributed by atoms with Crippen molar-refractivity contribution in [3.05, 3.63) is 59.7 Å². The zero-order chi connectivity index (χ0) is 16.8. The maximum absolute atomic E-state index is 13.8. The van der Waals surface area contributed by atoms with Gasteiger partial charge >= 0.3 is 0 Å². The van der Waals surface area contributed by atoms with Crippen LogP contribution >= 0.6 is 0 Å². The van der Waals surface area contributed by atoms with Gasteiger partial charge in [-0.25, -0.2) is 4.39 Å². The Labute approximate surface area is 134 Å². The molecule has 0 aliphatic rings. The van der Waals surface area contributed by atoms with Crippen molar-refractivity contribution in [1.82, 2.24) is 0 Å². The van der Waals surface area contributed by atoms with Gasteiger partial charge in [0.1, 0.15) is 0 Å². The third kappa shape index (κ3) is 4.63. The molecule has 23 heavy (non-hydrogen) atoms. The summed E-state index contributed by atoms with van der Waals surface area (Å²) in [5.74, 6) is -2.97. The molecule has 0 radical (unpaired) electrons. The van der Waals surface area contributed by atoms with Gasteiger partial charge in [0.15, 0.2) is 11.6 Å². The highest BCUT2D eigenvalue weighted by Gasteiger charge is 2.13. The minimum absolute atomic E-state index is 0.118. The van der Waals surface area contributed by atoms with Crippen molar-refractivity contribution >= 4 is 6.08 Å². The summed E-state index contributed by atoms with van der Waals surface area (Å²) in [4.78, 5) is 0.